The summed E-state index contributed by atoms with van der Waals surface area (Å²) in [5, 5.41) is 2.74. The van der Waals surface area contributed by atoms with Crippen LogP contribution in [0.2, 0.25) is 0 Å². The van der Waals surface area contributed by atoms with Crippen LogP contribution in [0.15, 0.2) is 42.5 Å². The van der Waals surface area contributed by atoms with Crippen molar-refractivity contribution in [2.45, 2.75) is 32.2 Å². The molecule has 0 spiro atoms. The van der Waals surface area contributed by atoms with Crippen molar-refractivity contribution < 1.29 is 18.7 Å². The van der Waals surface area contributed by atoms with Crippen LogP contribution in [0.5, 0.6) is 5.75 Å². The number of rotatable bonds is 6. The molecule has 136 valence electrons. The Bertz CT molecular complexity index is 816. The van der Waals surface area contributed by atoms with Crippen molar-refractivity contribution in [3.8, 4) is 5.75 Å². The van der Waals surface area contributed by atoms with E-state index in [1.807, 2.05) is 0 Å². The Kier molecular flexibility index (Phi) is 5.21. The Morgan fingerprint density at radius 2 is 1.88 bits per heavy atom. The minimum atomic E-state index is -0.465. The molecule has 1 saturated carbocycles. The Morgan fingerprint density at radius 3 is 2.46 bits per heavy atom. The monoisotopic (exact) mass is 356 g/mol. The topological polar surface area (TPSA) is 58.6 Å². The fraction of sp³-hybridized carbons (Fsp3) is 0.300. The second-order valence-corrected chi connectivity index (χ2v) is 6.35. The molecule has 2 aromatic rings. The number of hydrogen-bond acceptors (Lipinski definition) is 3. The molecule has 0 heterocycles. The smallest absolute Gasteiger partial charge is 0.228 e. The number of carbonyl (C=O) groups is 2. The first-order valence-electron chi connectivity index (χ1n) is 8.50. The number of anilines is 2. The molecule has 0 aromatic heterocycles. The second-order valence-electron chi connectivity index (χ2n) is 6.35. The molecule has 0 aliphatic heterocycles. The summed E-state index contributed by atoms with van der Waals surface area (Å²) in [7, 11) is 1.58. The van der Waals surface area contributed by atoms with Gasteiger partial charge >= 0.3 is 0 Å². The van der Waals surface area contributed by atoms with Crippen molar-refractivity contribution in [2.75, 3.05) is 17.3 Å². The zero-order valence-electron chi connectivity index (χ0n) is 14.8. The molecule has 26 heavy (non-hydrogen) atoms. The molecule has 1 fully saturated rings. The first-order chi connectivity index (χ1) is 12.5. The number of nitrogens with zero attached hydrogens (tertiary/aromatic N) is 1. The van der Waals surface area contributed by atoms with Crippen molar-refractivity contribution >= 4 is 23.2 Å². The maximum Gasteiger partial charge on any atom is 0.228 e. The Labute approximate surface area is 151 Å². The van der Waals surface area contributed by atoms with Crippen molar-refractivity contribution in [3.63, 3.8) is 0 Å². The predicted octanol–water partition coefficient (Wildman–Crippen LogP) is 3.53. The number of nitrogens with one attached hydrogen (secondary N) is 1. The van der Waals surface area contributed by atoms with Crippen molar-refractivity contribution in [1.82, 2.24) is 0 Å². The molecule has 0 bridgehead atoms. The molecule has 3 rings (SSSR count). The van der Waals surface area contributed by atoms with Gasteiger partial charge in [-0.1, -0.05) is 12.1 Å². The minimum absolute atomic E-state index is 0.121. The molecule has 1 aliphatic carbocycles. The third kappa shape index (κ3) is 4.20. The quantitative estimate of drug-likeness (QED) is 0.861. The lowest BCUT2D eigenvalue weighted by Gasteiger charge is -2.24. The van der Waals surface area contributed by atoms with E-state index >= 15 is 0 Å². The standard InChI is InChI=1S/C20H21FN2O3/c1-13(24)23(16-6-7-16)19-10-5-15(21)12-18(19)22-20(25)11-14-3-8-17(26-2)9-4-14/h3-5,8-10,12,16H,6-7,11H2,1-2H3,(H,22,25). The molecule has 2 aromatic carbocycles. The number of amides is 2. The van der Waals surface area contributed by atoms with E-state index in [0.29, 0.717) is 17.1 Å². The Morgan fingerprint density at radius 1 is 1.19 bits per heavy atom. The van der Waals surface area contributed by atoms with Crippen LogP contribution >= 0.6 is 0 Å². The summed E-state index contributed by atoms with van der Waals surface area (Å²) in [6.07, 6.45) is 1.97. The predicted molar refractivity (Wildman–Crippen MR) is 97.9 cm³/mol. The van der Waals surface area contributed by atoms with Crippen LogP contribution in [-0.4, -0.2) is 25.0 Å². The molecular formula is C20H21FN2O3. The van der Waals surface area contributed by atoms with E-state index in [1.165, 1.54) is 25.1 Å². The summed E-state index contributed by atoms with van der Waals surface area (Å²) < 4.78 is 18.8. The van der Waals surface area contributed by atoms with Crippen LogP contribution in [0.3, 0.4) is 0 Å². The number of benzene rings is 2. The second kappa shape index (κ2) is 7.56. The van der Waals surface area contributed by atoms with E-state index in [0.717, 1.165) is 18.4 Å². The van der Waals surface area contributed by atoms with Crippen molar-refractivity contribution in [1.29, 1.82) is 0 Å². The van der Waals surface area contributed by atoms with Gasteiger partial charge in [-0.25, -0.2) is 4.39 Å². The van der Waals surface area contributed by atoms with Crippen LogP contribution < -0.4 is 15.0 Å². The summed E-state index contributed by atoms with van der Waals surface area (Å²) >= 11 is 0. The number of methoxy groups -OCH3 is 1. The zero-order chi connectivity index (χ0) is 18.7. The normalized spacial score (nSPS) is 13.2. The van der Waals surface area contributed by atoms with Gasteiger partial charge in [0.1, 0.15) is 11.6 Å². The van der Waals surface area contributed by atoms with E-state index < -0.39 is 5.82 Å². The lowest BCUT2D eigenvalue weighted by atomic mass is 10.1. The molecule has 0 unspecified atom stereocenters. The van der Waals surface area contributed by atoms with E-state index in [2.05, 4.69) is 5.32 Å². The number of halogens is 1. The highest BCUT2D eigenvalue weighted by atomic mass is 19.1. The highest BCUT2D eigenvalue weighted by Crippen LogP contribution is 2.36. The van der Waals surface area contributed by atoms with Crippen LogP contribution in [-0.2, 0) is 16.0 Å². The summed E-state index contributed by atoms with van der Waals surface area (Å²) in [5.74, 6) is -0.151. The molecule has 6 heteroatoms. The highest BCUT2D eigenvalue weighted by Gasteiger charge is 2.33. The largest absolute Gasteiger partial charge is 0.497 e. The first kappa shape index (κ1) is 17.9. The van der Waals surface area contributed by atoms with Gasteiger partial charge in [0.25, 0.3) is 0 Å². The van der Waals surface area contributed by atoms with Gasteiger partial charge in [0, 0.05) is 13.0 Å². The van der Waals surface area contributed by atoms with Crippen molar-refractivity contribution in [2.24, 2.45) is 0 Å². The molecule has 0 radical (unpaired) electrons. The fourth-order valence-electron chi connectivity index (χ4n) is 2.90. The van der Waals surface area contributed by atoms with Crippen LogP contribution in [0.25, 0.3) is 0 Å². The third-order valence-corrected chi connectivity index (χ3v) is 4.27. The van der Waals surface area contributed by atoms with Gasteiger partial charge in [0.15, 0.2) is 0 Å². The molecule has 1 aliphatic rings. The maximum absolute atomic E-state index is 13.7. The van der Waals surface area contributed by atoms with E-state index in [-0.39, 0.29) is 24.3 Å². The maximum atomic E-state index is 13.7. The van der Waals surface area contributed by atoms with Gasteiger partial charge in [-0.3, -0.25) is 9.59 Å². The SMILES string of the molecule is COc1ccc(CC(=O)Nc2cc(F)ccc2N(C(C)=O)C2CC2)cc1. The molecular weight excluding hydrogens is 335 g/mol. The van der Waals surface area contributed by atoms with Gasteiger partial charge in [-0.2, -0.15) is 0 Å². The number of ether oxygens (including phenoxy) is 1. The lowest BCUT2D eigenvalue weighted by molar-refractivity contribution is -0.117. The fourth-order valence-corrected chi connectivity index (χ4v) is 2.90. The van der Waals surface area contributed by atoms with Gasteiger partial charge in [-0.05, 0) is 48.7 Å². The van der Waals surface area contributed by atoms with Crippen molar-refractivity contribution in [3.05, 3.63) is 53.8 Å². The summed E-state index contributed by atoms with van der Waals surface area (Å²) in [6.45, 7) is 1.48. The molecule has 2 amide bonds. The van der Waals surface area contributed by atoms with E-state index in [1.54, 1.807) is 36.3 Å². The Balaban J connectivity index is 1.78. The summed E-state index contributed by atoms with van der Waals surface area (Å²) in [5.41, 5.74) is 1.65. The van der Waals surface area contributed by atoms with Crippen LogP contribution in [0, 0.1) is 5.82 Å². The first-order valence-corrected chi connectivity index (χ1v) is 8.50. The van der Waals surface area contributed by atoms with E-state index in [9.17, 15) is 14.0 Å². The average molecular weight is 356 g/mol. The Hall–Kier alpha value is -2.89. The third-order valence-electron chi connectivity index (χ3n) is 4.27. The summed E-state index contributed by atoms with van der Waals surface area (Å²) in [6, 6.07) is 11.4. The summed E-state index contributed by atoms with van der Waals surface area (Å²) in [4.78, 5) is 26.0. The molecule has 1 N–H and O–H groups in total. The van der Waals surface area contributed by atoms with Gasteiger partial charge in [0.05, 0.1) is 24.9 Å². The lowest BCUT2D eigenvalue weighted by Crippen LogP contribution is -2.32. The van der Waals surface area contributed by atoms with Gasteiger partial charge < -0.3 is 15.0 Å². The van der Waals surface area contributed by atoms with Gasteiger partial charge in [-0.15, -0.1) is 0 Å². The molecule has 5 nitrogen and oxygen atoms in total. The van der Waals surface area contributed by atoms with Crippen LogP contribution in [0.4, 0.5) is 15.8 Å². The zero-order valence-corrected chi connectivity index (χ0v) is 14.8. The van der Waals surface area contributed by atoms with Gasteiger partial charge in [0.2, 0.25) is 11.8 Å². The number of hydrogen-bond donors (Lipinski definition) is 1. The molecule has 0 saturated heterocycles. The highest BCUT2D eigenvalue weighted by molar-refractivity contribution is 6.01. The number of carbonyl (C=O) groups excluding carboxylic acids is 2. The van der Waals surface area contributed by atoms with Crippen LogP contribution in [0.1, 0.15) is 25.3 Å². The average Bonchev–Trinajstić information content (AvgIpc) is 3.42. The minimum Gasteiger partial charge on any atom is -0.497 e. The van der Waals surface area contributed by atoms with E-state index in [4.69, 9.17) is 4.74 Å². The molecule has 0 atom stereocenters.